The Labute approximate surface area is 141 Å². The van der Waals surface area contributed by atoms with Gasteiger partial charge in [0, 0.05) is 7.05 Å². The molecule has 1 atom stereocenters. The van der Waals surface area contributed by atoms with Gasteiger partial charge in [0.05, 0.1) is 28.8 Å². The largest absolute Gasteiger partial charge is 0.481 e. The number of hydrogen-bond donors (Lipinski definition) is 2. The number of halogens is 1. The van der Waals surface area contributed by atoms with E-state index in [2.05, 4.69) is 26.3 Å². The molecule has 0 spiro atoms. The number of benzene rings is 1. The molecule has 0 aliphatic rings. The van der Waals surface area contributed by atoms with E-state index in [1.54, 1.807) is 13.2 Å². The van der Waals surface area contributed by atoms with E-state index in [1.165, 1.54) is 4.68 Å². The first-order valence-corrected chi connectivity index (χ1v) is 7.63. The summed E-state index contributed by atoms with van der Waals surface area (Å²) in [5.74, 6) is -1.04. The number of carbonyl (C=O) groups is 2. The third-order valence-corrected chi connectivity index (χ3v) is 3.76. The lowest BCUT2D eigenvalue weighted by atomic mass is 10.1. The fourth-order valence-corrected chi connectivity index (χ4v) is 2.73. The lowest BCUT2D eigenvalue weighted by Crippen LogP contribution is -2.32. The quantitative estimate of drug-likeness (QED) is 0.801. The molecule has 1 aromatic heterocycles. The number of aromatic nitrogens is 2. The Bertz CT molecular complexity index is 668. The summed E-state index contributed by atoms with van der Waals surface area (Å²) in [6.07, 6.45) is 0.577. The van der Waals surface area contributed by atoms with Crippen LogP contribution in [0, 0.1) is 0 Å². The van der Waals surface area contributed by atoms with E-state index in [4.69, 9.17) is 9.84 Å². The van der Waals surface area contributed by atoms with Gasteiger partial charge in [0.15, 0.2) is 0 Å². The Morgan fingerprint density at radius 2 is 2.09 bits per heavy atom. The molecule has 7 nitrogen and oxygen atoms in total. The van der Waals surface area contributed by atoms with Crippen molar-refractivity contribution in [2.75, 3.05) is 0 Å². The van der Waals surface area contributed by atoms with Gasteiger partial charge >= 0.3 is 12.1 Å². The SMILES string of the molecule is Cn1ncc(Br)c1[C@H](CC(=O)O)NC(=O)OCc1ccccc1. The molecular weight excluding hydrogens is 366 g/mol. The molecule has 23 heavy (non-hydrogen) atoms. The number of nitrogens with one attached hydrogen (secondary N) is 1. The molecule has 0 aliphatic heterocycles. The first-order valence-electron chi connectivity index (χ1n) is 6.83. The van der Waals surface area contributed by atoms with Gasteiger partial charge in [-0.05, 0) is 21.5 Å². The minimum absolute atomic E-state index is 0.110. The van der Waals surface area contributed by atoms with Crippen molar-refractivity contribution in [3.63, 3.8) is 0 Å². The van der Waals surface area contributed by atoms with E-state index >= 15 is 0 Å². The summed E-state index contributed by atoms with van der Waals surface area (Å²) < 4.78 is 7.26. The van der Waals surface area contributed by atoms with Crippen LogP contribution >= 0.6 is 15.9 Å². The molecule has 0 unspecified atom stereocenters. The molecule has 0 fully saturated rings. The van der Waals surface area contributed by atoms with Crippen molar-refractivity contribution in [2.45, 2.75) is 19.1 Å². The van der Waals surface area contributed by atoms with E-state index in [0.717, 1.165) is 5.56 Å². The summed E-state index contributed by atoms with van der Waals surface area (Å²) in [5.41, 5.74) is 1.41. The second kappa shape index (κ2) is 7.77. The van der Waals surface area contributed by atoms with Crippen LogP contribution in [0.1, 0.15) is 23.7 Å². The number of carbonyl (C=O) groups excluding carboxylic acids is 1. The highest BCUT2D eigenvalue weighted by Crippen LogP contribution is 2.25. The zero-order chi connectivity index (χ0) is 16.8. The summed E-state index contributed by atoms with van der Waals surface area (Å²) in [5, 5.41) is 15.6. The highest BCUT2D eigenvalue weighted by Gasteiger charge is 2.24. The van der Waals surface area contributed by atoms with E-state index in [1.807, 2.05) is 30.3 Å². The number of amides is 1. The average Bonchev–Trinajstić information content (AvgIpc) is 2.84. The fraction of sp³-hybridized carbons (Fsp3) is 0.267. The Morgan fingerprint density at radius 1 is 1.39 bits per heavy atom. The number of hydrogen-bond acceptors (Lipinski definition) is 4. The van der Waals surface area contributed by atoms with Crippen molar-refractivity contribution < 1.29 is 19.4 Å². The number of carboxylic acids is 1. The van der Waals surface area contributed by atoms with Gasteiger partial charge in [-0.15, -0.1) is 0 Å². The molecule has 2 rings (SSSR count). The molecule has 0 saturated heterocycles. The van der Waals surface area contributed by atoms with Gasteiger partial charge < -0.3 is 15.2 Å². The van der Waals surface area contributed by atoms with Crippen molar-refractivity contribution in [2.24, 2.45) is 7.05 Å². The summed E-state index contributed by atoms with van der Waals surface area (Å²) in [4.78, 5) is 23.0. The van der Waals surface area contributed by atoms with Gasteiger partial charge in [-0.2, -0.15) is 5.10 Å². The Morgan fingerprint density at radius 3 is 2.65 bits per heavy atom. The Kier molecular flexibility index (Phi) is 5.75. The maximum absolute atomic E-state index is 12.0. The molecular formula is C15H16BrN3O4. The van der Waals surface area contributed by atoms with Gasteiger partial charge in [-0.3, -0.25) is 9.48 Å². The fourth-order valence-electron chi connectivity index (χ4n) is 2.11. The molecule has 1 amide bonds. The van der Waals surface area contributed by atoms with Crippen LogP contribution in [-0.4, -0.2) is 26.9 Å². The zero-order valence-electron chi connectivity index (χ0n) is 12.4. The highest BCUT2D eigenvalue weighted by atomic mass is 79.9. The summed E-state index contributed by atoms with van der Waals surface area (Å²) in [6.45, 7) is 0.110. The predicted octanol–water partition coefficient (Wildman–Crippen LogP) is 2.62. The number of aryl methyl sites for hydroxylation is 1. The van der Waals surface area contributed by atoms with Crippen molar-refractivity contribution in [3.05, 3.63) is 52.3 Å². The lowest BCUT2D eigenvalue weighted by Gasteiger charge is -2.18. The van der Waals surface area contributed by atoms with Crippen LogP contribution in [0.3, 0.4) is 0 Å². The molecule has 0 aliphatic carbocycles. The number of ether oxygens (including phenoxy) is 1. The molecule has 1 heterocycles. The van der Waals surface area contributed by atoms with Gasteiger partial charge in [-0.25, -0.2) is 4.79 Å². The van der Waals surface area contributed by atoms with Crippen LogP contribution in [-0.2, 0) is 23.2 Å². The molecule has 122 valence electrons. The monoisotopic (exact) mass is 381 g/mol. The maximum Gasteiger partial charge on any atom is 0.408 e. The number of rotatable bonds is 6. The first-order chi connectivity index (χ1) is 11.0. The Balaban J connectivity index is 2.03. The second-order valence-electron chi connectivity index (χ2n) is 4.86. The summed E-state index contributed by atoms with van der Waals surface area (Å²) in [7, 11) is 1.67. The van der Waals surface area contributed by atoms with Crippen LogP contribution in [0.5, 0.6) is 0 Å². The normalized spacial score (nSPS) is 11.7. The van der Waals surface area contributed by atoms with Gasteiger partial charge in [0.1, 0.15) is 6.61 Å². The van der Waals surface area contributed by atoms with Crippen molar-refractivity contribution in [1.82, 2.24) is 15.1 Å². The molecule has 8 heteroatoms. The topological polar surface area (TPSA) is 93.5 Å². The van der Waals surface area contributed by atoms with Gasteiger partial charge in [0.25, 0.3) is 0 Å². The average molecular weight is 382 g/mol. The zero-order valence-corrected chi connectivity index (χ0v) is 14.0. The minimum Gasteiger partial charge on any atom is -0.481 e. The van der Waals surface area contributed by atoms with Gasteiger partial charge in [-0.1, -0.05) is 30.3 Å². The molecule has 0 radical (unpaired) electrons. The van der Waals surface area contributed by atoms with Gasteiger partial charge in [0.2, 0.25) is 0 Å². The van der Waals surface area contributed by atoms with Crippen LogP contribution in [0.15, 0.2) is 41.0 Å². The van der Waals surface area contributed by atoms with Crippen LogP contribution in [0.25, 0.3) is 0 Å². The Hall–Kier alpha value is -2.35. The third kappa shape index (κ3) is 4.82. The summed E-state index contributed by atoms with van der Waals surface area (Å²) in [6, 6.07) is 8.47. The number of alkyl carbamates (subject to hydrolysis) is 1. The van der Waals surface area contributed by atoms with Crippen LogP contribution in [0.2, 0.25) is 0 Å². The number of nitrogens with zero attached hydrogens (tertiary/aromatic N) is 2. The third-order valence-electron chi connectivity index (χ3n) is 3.15. The molecule has 1 aromatic carbocycles. The maximum atomic E-state index is 12.0. The van der Waals surface area contributed by atoms with Crippen LogP contribution in [0.4, 0.5) is 4.79 Å². The van der Waals surface area contributed by atoms with E-state index in [-0.39, 0.29) is 13.0 Å². The molecule has 2 N–H and O–H groups in total. The lowest BCUT2D eigenvalue weighted by molar-refractivity contribution is -0.137. The van der Waals surface area contributed by atoms with E-state index in [9.17, 15) is 9.59 Å². The molecule has 2 aromatic rings. The predicted molar refractivity (Wildman–Crippen MR) is 85.7 cm³/mol. The minimum atomic E-state index is -1.04. The van der Waals surface area contributed by atoms with E-state index in [0.29, 0.717) is 10.2 Å². The molecule has 0 saturated carbocycles. The first kappa shape index (κ1) is 17.0. The number of aliphatic carboxylic acids is 1. The van der Waals surface area contributed by atoms with Crippen molar-refractivity contribution in [3.8, 4) is 0 Å². The smallest absolute Gasteiger partial charge is 0.408 e. The van der Waals surface area contributed by atoms with Crippen molar-refractivity contribution >= 4 is 28.0 Å². The molecule has 0 bridgehead atoms. The number of carboxylic acid groups (broad SMARTS) is 1. The standard InChI is InChI=1S/C15H16BrN3O4/c1-19-14(11(16)8-17-19)12(7-13(20)21)18-15(22)23-9-10-5-3-2-4-6-10/h2-6,8,12H,7,9H2,1H3,(H,18,22)(H,20,21)/t12-/m0/s1. The summed E-state index contributed by atoms with van der Waals surface area (Å²) >= 11 is 3.30. The highest BCUT2D eigenvalue weighted by molar-refractivity contribution is 9.10. The van der Waals surface area contributed by atoms with Crippen LogP contribution < -0.4 is 5.32 Å². The second-order valence-corrected chi connectivity index (χ2v) is 5.71. The van der Waals surface area contributed by atoms with E-state index < -0.39 is 18.1 Å². The van der Waals surface area contributed by atoms with Crippen molar-refractivity contribution in [1.29, 1.82) is 0 Å².